The zero-order valence-electron chi connectivity index (χ0n) is 13.1. The molecule has 1 amide bonds. The van der Waals surface area contributed by atoms with Crippen molar-refractivity contribution in [1.29, 1.82) is 0 Å². The highest BCUT2D eigenvalue weighted by Crippen LogP contribution is 2.08. The topological polar surface area (TPSA) is 64.6 Å². The molecule has 0 heterocycles. The lowest BCUT2D eigenvalue weighted by Gasteiger charge is -2.19. The van der Waals surface area contributed by atoms with Crippen LogP contribution in [0.5, 0.6) is 0 Å². The zero-order valence-corrected chi connectivity index (χ0v) is 13.1. The normalized spacial score (nSPS) is 10.9. The lowest BCUT2D eigenvalue weighted by atomic mass is 10.1. The van der Waals surface area contributed by atoms with Gasteiger partial charge in [-0.1, -0.05) is 12.1 Å². The van der Waals surface area contributed by atoms with Crippen LogP contribution >= 0.6 is 0 Å². The first-order valence-electron chi connectivity index (χ1n) is 6.96. The van der Waals surface area contributed by atoms with Crippen LogP contribution in [-0.2, 0) is 15.9 Å². The van der Waals surface area contributed by atoms with Crippen molar-refractivity contribution in [2.24, 2.45) is 0 Å². The molecule has 0 aromatic heterocycles. The Morgan fingerprint density at radius 3 is 2.29 bits per heavy atom. The molecule has 0 bridgehead atoms. The number of ether oxygens (including phenoxy) is 2. The summed E-state index contributed by atoms with van der Waals surface area (Å²) in [6, 6.07) is 7.25. The van der Waals surface area contributed by atoms with Gasteiger partial charge in [0.2, 0.25) is 0 Å². The molecule has 0 atom stereocenters. The number of benzene rings is 1. The third kappa shape index (κ3) is 6.79. The molecule has 0 aliphatic carbocycles. The largest absolute Gasteiger partial charge is 0.465 e. The Morgan fingerprint density at radius 2 is 1.76 bits per heavy atom. The molecular weight excluding hydrogens is 270 g/mol. The third-order valence-electron chi connectivity index (χ3n) is 2.69. The standard InChI is InChI=1S/C16H23NO4/c1-16(2,3)21-15(19)17-11-5-6-12-7-9-13(10-8-12)14(18)20-4/h7-10H,5-6,11H2,1-4H3,(H,17,19). The molecule has 0 aliphatic heterocycles. The van der Waals surface area contributed by atoms with E-state index in [2.05, 4.69) is 10.1 Å². The van der Waals surface area contributed by atoms with Crippen molar-refractivity contribution in [1.82, 2.24) is 5.32 Å². The summed E-state index contributed by atoms with van der Waals surface area (Å²) in [6.07, 6.45) is 1.22. The summed E-state index contributed by atoms with van der Waals surface area (Å²) in [5.74, 6) is -0.340. The van der Waals surface area contributed by atoms with Gasteiger partial charge in [-0.05, 0) is 51.3 Å². The van der Waals surface area contributed by atoms with Crippen LogP contribution in [0.3, 0.4) is 0 Å². The minimum absolute atomic E-state index is 0.340. The van der Waals surface area contributed by atoms with E-state index in [4.69, 9.17) is 4.74 Å². The van der Waals surface area contributed by atoms with E-state index in [1.807, 2.05) is 32.9 Å². The number of amides is 1. The highest BCUT2D eigenvalue weighted by atomic mass is 16.6. The van der Waals surface area contributed by atoms with Crippen LogP contribution in [0.1, 0.15) is 43.1 Å². The fourth-order valence-electron chi connectivity index (χ4n) is 1.72. The SMILES string of the molecule is COC(=O)c1ccc(CCCNC(=O)OC(C)(C)C)cc1. The Kier molecular flexibility index (Phi) is 6.21. The van der Waals surface area contributed by atoms with Gasteiger partial charge in [0.1, 0.15) is 5.60 Å². The molecule has 5 heteroatoms. The molecule has 1 aromatic rings. The number of rotatable bonds is 5. The van der Waals surface area contributed by atoms with Crippen molar-refractivity contribution in [3.8, 4) is 0 Å². The maximum Gasteiger partial charge on any atom is 0.407 e. The van der Waals surface area contributed by atoms with Crippen LogP contribution in [0.25, 0.3) is 0 Å². The maximum absolute atomic E-state index is 11.4. The van der Waals surface area contributed by atoms with Gasteiger partial charge in [-0.2, -0.15) is 0 Å². The van der Waals surface area contributed by atoms with Gasteiger partial charge >= 0.3 is 12.1 Å². The Bertz CT molecular complexity index is 474. The van der Waals surface area contributed by atoms with Gasteiger partial charge in [0.25, 0.3) is 0 Å². The van der Waals surface area contributed by atoms with Crippen LogP contribution in [0.4, 0.5) is 4.79 Å². The maximum atomic E-state index is 11.4. The van der Waals surface area contributed by atoms with E-state index in [-0.39, 0.29) is 5.97 Å². The number of carbonyl (C=O) groups excluding carboxylic acids is 2. The summed E-state index contributed by atoms with van der Waals surface area (Å²) >= 11 is 0. The van der Waals surface area contributed by atoms with E-state index in [0.29, 0.717) is 12.1 Å². The molecule has 5 nitrogen and oxygen atoms in total. The van der Waals surface area contributed by atoms with Gasteiger partial charge in [-0.15, -0.1) is 0 Å². The number of esters is 1. The second kappa shape index (κ2) is 7.67. The van der Waals surface area contributed by atoms with Crippen molar-refractivity contribution in [3.63, 3.8) is 0 Å². The molecular formula is C16H23NO4. The van der Waals surface area contributed by atoms with Crippen molar-refractivity contribution in [2.45, 2.75) is 39.2 Å². The Balaban J connectivity index is 2.30. The number of alkyl carbamates (subject to hydrolysis) is 1. The zero-order chi connectivity index (χ0) is 15.9. The molecule has 116 valence electrons. The molecule has 0 fully saturated rings. The Morgan fingerprint density at radius 1 is 1.14 bits per heavy atom. The molecule has 0 saturated carbocycles. The van der Waals surface area contributed by atoms with E-state index >= 15 is 0 Å². The van der Waals surface area contributed by atoms with Gasteiger partial charge in [0.05, 0.1) is 12.7 Å². The van der Waals surface area contributed by atoms with Gasteiger partial charge in [0.15, 0.2) is 0 Å². The van der Waals surface area contributed by atoms with Crippen molar-refractivity contribution in [3.05, 3.63) is 35.4 Å². The summed E-state index contributed by atoms with van der Waals surface area (Å²) in [5.41, 5.74) is 1.16. The van der Waals surface area contributed by atoms with Gasteiger partial charge < -0.3 is 14.8 Å². The number of hydrogen-bond acceptors (Lipinski definition) is 4. The minimum atomic E-state index is -0.478. The van der Waals surface area contributed by atoms with Crippen LogP contribution in [0, 0.1) is 0 Å². The van der Waals surface area contributed by atoms with E-state index < -0.39 is 11.7 Å². The fourth-order valence-corrected chi connectivity index (χ4v) is 1.72. The first-order valence-corrected chi connectivity index (χ1v) is 6.96. The first kappa shape index (κ1) is 17.0. The molecule has 0 aliphatic rings. The third-order valence-corrected chi connectivity index (χ3v) is 2.69. The summed E-state index contributed by atoms with van der Waals surface area (Å²) in [4.78, 5) is 22.7. The lowest BCUT2D eigenvalue weighted by Crippen LogP contribution is -2.33. The van der Waals surface area contributed by atoms with Crippen LogP contribution in [-0.4, -0.2) is 31.3 Å². The molecule has 1 rings (SSSR count). The molecule has 1 aromatic carbocycles. The Labute approximate surface area is 125 Å². The highest BCUT2D eigenvalue weighted by Gasteiger charge is 2.15. The summed E-state index contributed by atoms with van der Waals surface area (Å²) in [7, 11) is 1.36. The second-order valence-corrected chi connectivity index (χ2v) is 5.72. The smallest absolute Gasteiger partial charge is 0.407 e. The van der Waals surface area contributed by atoms with Crippen LogP contribution < -0.4 is 5.32 Å². The Hall–Kier alpha value is -2.04. The van der Waals surface area contributed by atoms with E-state index in [9.17, 15) is 9.59 Å². The van der Waals surface area contributed by atoms with Gasteiger partial charge in [0, 0.05) is 6.54 Å². The molecule has 0 unspecified atom stereocenters. The number of methoxy groups -OCH3 is 1. The average molecular weight is 293 g/mol. The molecule has 0 saturated heterocycles. The minimum Gasteiger partial charge on any atom is -0.465 e. The summed E-state index contributed by atoms with van der Waals surface area (Å²) in [6.45, 7) is 6.04. The van der Waals surface area contributed by atoms with E-state index in [1.54, 1.807) is 12.1 Å². The number of nitrogens with one attached hydrogen (secondary N) is 1. The first-order chi connectivity index (χ1) is 9.81. The molecule has 0 spiro atoms. The number of hydrogen-bond donors (Lipinski definition) is 1. The monoisotopic (exact) mass is 293 g/mol. The second-order valence-electron chi connectivity index (χ2n) is 5.72. The predicted molar refractivity (Wildman–Crippen MR) is 80.3 cm³/mol. The predicted octanol–water partition coefficient (Wildman–Crippen LogP) is 2.93. The van der Waals surface area contributed by atoms with E-state index in [0.717, 1.165) is 18.4 Å². The van der Waals surface area contributed by atoms with Gasteiger partial charge in [-0.3, -0.25) is 0 Å². The number of carbonyl (C=O) groups is 2. The number of aryl methyl sites for hydroxylation is 1. The average Bonchev–Trinajstić information content (AvgIpc) is 2.41. The lowest BCUT2D eigenvalue weighted by molar-refractivity contribution is 0.0526. The summed E-state index contributed by atoms with van der Waals surface area (Å²) in [5, 5.41) is 2.71. The summed E-state index contributed by atoms with van der Waals surface area (Å²) < 4.78 is 9.78. The van der Waals surface area contributed by atoms with Crippen molar-refractivity contribution < 1.29 is 19.1 Å². The highest BCUT2D eigenvalue weighted by molar-refractivity contribution is 5.89. The van der Waals surface area contributed by atoms with Crippen molar-refractivity contribution in [2.75, 3.05) is 13.7 Å². The fraction of sp³-hybridized carbons (Fsp3) is 0.500. The molecule has 21 heavy (non-hydrogen) atoms. The molecule has 0 radical (unpaired) electrons. The van der Waals surface area contributed by atoms with E-state index in [1.165, 1.54) is 7.11 Å². The van der Waals surface area contributed by atoms with Crippen LogP contribution in [0.15, 0.2) is 24.3 Å². The van der Waals surface area contributed by atoms with Crippen molar-refractivity contribution >= 4 is 12.1 Å². The molecule has 1 N–H and O–H groups in total. The van der Waals surface area contributed by atoms with Gasteiger partial charge in [-0.25, -0.2) is 9.59 Å². The quantitative estimate of drug-likeness (QED) is 0.669. The van der Waals surface area contributed by atoms with Crippen LogP contribution in [0.2, 0.25) is 0 Å².